The van der Waals surface area contributed by atoms with Gasteiger partial charge >= 0.3 is 0 Å². The largest absolute Gasteiger partial charge is 0.330 e. The van der Waals surface area contributed by atoms with Gasteiger partial charge in [0.15, 0.2) is 0 Å². The van der Waals surface area contributed by atoms with Crippen LogP contribution >= 0.6 is 0 Å². The third kappa shape index (κ3) is 2.83. The molecule has 2 atom stereocenters. The number of hydrogen-bond acceptors (Lipinski definition) is 3. The molecule has 0 spiro atoms. The van der Waals surface area contributed by atoms with Crippen LogP contribution in [0.2, 0.25) is 0 Å². The highest BCUT2D eigenvalue weighted by Crippen LogP contribution is 2.30. The first-order chi connectivity index (χ1) is 8.36. The molecule has 0 radical (unpaired) electrons. The third-order valence-electron chi connectivity index (χ3n) is 5.00. The number of nitrogens with zero attached hydrogens (tertiary/aromatic N) is 1. The Hall–Kier alpha value is -0.120. The summed E-state index contributed by atoms with van der Waals surface area (Å²) in [5.41, 5.74) is 5.85. The average Bonchev–Trinajstić information content (AvgIpc) is 3.11. The van der Waals surface area contributed by atoms with Gasteiger partial charge in [-0.3, -0.25) is 0 Å². The van der Waals surface area contributed by atoms with Gasteiger partial charge in [-0.1, -0.05) is 6.42 Å². The van der Waals surface area contributed by atoms with Crippen LogP contribution in [0.1, 0.15) is 44.9 Å². The average molecular weight is 237 g/mol. The Morgan fingerprint density at radius 1 is 1.00 bits per heavy atom. The maximum Gasteiger partial charge on any atom is 0.0110 e. The van der Waals surface area contributed by atoms with Crippen molar-refractivity contribution in [3.8, 4) is 0 Å². The van der Waals surface area contributed by atoms with E-state index in [2.05, 4.69) is 10.2 Å². The van der Waals surface area contributed by atoms with E-state index in [1.807, 2.05) is 0 Å². The summed E-state index contributed by atoms with van der Waals surface area (Å²) in [6.07, 6.45) is 9.68. The van der Waals surface area contributed by atoms with E-state index in [0.717, 1.165) is 30.6 Å². The summed E-state index contributed by atoms with van der Waals surface area (Å²) in [6, 6.07) is 2.44. The summed E-state index contributed by atoms with van der Waals surface area (Å²) in [6.45, 7) is 3.52. The normalized spacial score (nSPS) is 36.5. The molecule has 0 aromatic carbocycles. The molecule has 1 heterocycles. The quantitative estimate of drug-likeness (QED) is 0.775. The second-order valence-electron chi connectivity index (χ2n) is 6.24. The lowest BCUT2D eigenvalue weighted by atomic mass is 9.99. The summed E-state index contributed by atoms with van der Waals surface area (Å²) in [7, 11) is 0. The van der Waals surface area contributed by atoms with Crippen LogP contribution in [0, 0.1) is 5.92 Å². The molecule has 1 saturated heterocycles. The van der Waals surface area contributed by atoms with Crippen molar-refractivity contribution >= 4 is 0 Å². The fraction of sp³-hybridized carbons (Fsp3) is 1.00. The Labute approximate surface area is 105 Å². The van der Waals surface area contributed by atoms with Crippen molar-refractivity contribution in [3.05, 3.63) is 0 Å². The van der Waals surface area contributed by atoms with Gasteiger partial charge in [-0.05, 0) is 64.1 Å². The number of hydrogen-bond donors (Lipinski definition) is 2. The minimum absolute atomic E-state index is 0.720. The van der Waals surface area contributed by atoms with E-state index in [-0.39, 0.29) is 0 Å². The SMILES string of the molecule is NCC1CCCC1NC1CCN(C2CC2)CC1. The first-order valence-electron chi connectivity index (χ1n) is 7.57. The minimum Gasteiger partial charge on any atom is -0.330 e. The molecule has 2 unspecified atom stereocenters. The molecule has 2 saturated carbocycles. The number of piperidine rings is 1. The number of nitrogens with two attached hydrogens (primary N) is 1. The minimum atomic E-state index is 0.720. The Bertz CT molecular complexity index is 244. The van der Waals surface area contributed by atoms with Crippen LogP contribution in [-0.4, -0.2) is 42.7 Å². The zero-order chi connectivity index (χ0) is 11.7. The molecular weight excluding hydrogens is 210 g/mol. The van der Waals surface area contributed by atoms with Gasteiger partial charge in [0.2, 0.25) is 0 Å². The van der Waals surface area contributed by atoms with Gasteiger partial charge in [0, 0.05) is 18.1 Å². The smallest absolute Gasteiger partial charge is 0.0110 e. The standard InChI is InChI=1S/C14H27N3/c15-10-11-2-1-3-14(11)16-12-6-8-17(9-7-12)13-4-5-13/h11-14,16H,1-10,15H2. The van der Waals surface area contributed by atoms with Gasteiger partial charge in [-0.15, -0.1) is 0 Å². The first kappa shape index (κ1) is 11.9. The first-order valence-corrected chi connectivity index (χ1v) is 7.57. The summed E-state index contributed by atoms with van der Waals surface area (Å²) < 4.78 is 0. The van der Waals surface area contributed by atoms with Crippen LogP contribution in [0.5, 0.6) is 0 Å². The van der Waals surface area contributed by atoms with Crippen molar-refractivity contribution < 1.29 is 0 Å². The van der Waals surface area contributed by atoms with Gasteiger partial charge in [0.25, 0.3) is 0 Å². The van der Waals surface area contributed by atoms with Crippen LogP contribution < -0.4 is 11.1 Å². The Balaban J connectivity index is 1.43. The molecule has 1 aliphatic heterocycles. The third-order valence-corrected chi connectivity index (χ3v) is 5.00. The fourth-order valence-electron chi connectivity index (χ4n) is 3.71. The maximum absolute atomic E-state index is 5.85. The highest BCUT2D eigenvalue weighted by atomic mass is 15.2. The van der Waals surface area contributed by atoms with E-state index in [1.165, 1.54) is 58.0 Å². The summed E-state index contributed by atoms with van der Waals surface area (Å²) >= 11 is 0. The van der Waals surface area contributed by atoms with Gasteiger partial charge in [0.1, 0.15) is 0 Å². The van der Waals surface area contributed by atoms with E-state index in [4.69, 9.17) is 5.73 Å². The van der Waals surface area contributed by atoms with E-state index in [9.17, 15) is 0 Å². The molecule has 98 valence electrons. The van der Waals surface area contributed by atoms with E-state index < -0.39 is 0 Å². The van der Waals surface area contributed by atoms with Crippen molar-refractivity contribution in [1.29, 1.82) is 0 Å². The highest BCUT2D eigenvalue weighted by molar-refractivity contribution is 4.91. The molecule has 0 bridgehead atoms. The van der Waals surface area contributed by atoms with Crippen LogP contribution in [0.3, 0.4) is 0 Å². The molecule has 3 N–H and O–H groups in total. The van der Waals surface area contributed by atoms with Crippen molar-refractivity contribution in [2.24, 2.45) is 11.7 Å². The van der Waals surface area contributed by atoms with E-state index >= 15 is 0 Å². The maximum atomic E-state index is 5.85. The van der Waals surface area contributed by atoms with Crippen molar-refractivity contribution in [3.63, 3.8) is 0 Å². The van der Waals surface area contributed by atoms with Gasteiger partial charge < -0.3 is 16.0 Å². The van der Waals surface area contributed by atoms with Crippen LogP contribution in [0.25, 0.3) is 0 Å². The second-order valence-corrected chi connectivity index (χ2v) is 6.24. The van der Waals surface area contributed by atoms with Crippen molar-refractivity contribution in [2.75, 3.05) is 19.6 Å². The van der Waals surface area contributed by atoms with Gasteiger partial charge in [0.05, 0.1) is 0 Å². The molecule has 0 aromatic heterocycles. The topological polar surface area (TPSA) is 41.3 Å². The predicted molar refractivity (Wildman–Crippen MR) is 70.9 cm³/mol. The highest BCUT2D eigenvalue weighted by Gasteiger charge is 2.33. The zero-order valence-electron chi connectivity index (χ0n) is 10.9. The van der Waals surface area contributed by atoms with Crippen molar-refractivity contribution in [1.82, 2.24) is 10.2 Å². The molecule has 3 heteroatoms. The molecule has 3 rings (SSSR count). The summed E-state index contributed by atoms with van der Waals surface area (Å²) in [4.78, 5) is 2.70. The lowest BCUT2D eigenvalue weighted by molar-refractivity contribution is 0.178. The van der Waals surface area contributed by atoms with Gasteiger partial charge in [-0.25, -0.2) is 0 Å². The number of nitrogens with one attached hydrogen (secondary N) is 1. The van der Waals surface area contributed by atoms with Crippen LogP contribution in [-0.2, 0) is 0 Å². The Kier molecular flexibility index (Phi) is 3.69. The summed E-state index contributed by atoms with van der Waals surface area (Å²) in [5, 5.41) is 3.89. The zero-order valence-corrected chi connectivity index (χ0v) is 10.9. The lowest BCUT2D eigenvalue weighted by Crippen LogP contribution is -2.48. The molecule has 3 nitrogen and oxygen atoms in total. The predicted octanol–water partition coefficient (Wildman–Crippen LogP) is 1.33. The van der Waals surface area contributed by atoms with Crippen LogP contribution in [0.4, 0.5) is 0 Å². The number of rotatable bonds is 4. The molecule has 17 heavy (non-hydrogen) atoms. The van der Waals surface area contributed by atoms with E-state index in [1.54, 1.807) is 0 Å². The van der Waals surface area contributed by atoms with E-state index in [0.29, 0.717) is 0 Å². The van der Waals surface area contributed by atoms with Crippen molar-refractivity contribution in [2.45, 2.75) is 63.1 Å². The monoisotopic (exact) mass is 237 g/mol. The fourth-order valence-corrected chi connectivity index (χ4v) is 3.71. The Morgan fingerprint density at radius 2 is 1.76 bits per heavy atom. The van der Waals surface area contributed by atoms with Crippen LogP contribution in [0.15, 0.2) is 0 Å². The number of likely N-dealkylation sites (tertiary alicyclic amines) is 1. The summed E-state index contributed by atoms with van der Waals surface area (Å²) in [5.74, 6) is 0.747. The Morgan fingerprint density at radius 3 is 2.41 bits per heavy atom. The molecule has 3 fully saturated rings. The lowest BCUT2D eigenvalue weighted by Gasteiger charge is -2.35. The molecule has 0 aromatic rings. The molecule has 3 aliphatic rings. The molecule has 0 amide bonds. The molecule has 2 aliphatic carbocycles. The van der Waals surface area contributed by atoms with Gasteiger partial charge in [-0.2, -0.15) is 0 Å². The second kappa shape index (κ2) is 5.25. The molecular formula is C14H27N3.